The van der Waals surface area contributed by atoms with Crippen molar-refractivity contribution in [3.8, 4) is 22.3 Å². The Labute approximate surface area is 387 Å². The monoisotopic (exact) mass is 898 g/mol. The van der Waals surface area contributed by atoms with Crippen molar-refractivity contribution < 1.29 is 38.2 Å². The van der Waals surface area contributed by atoms with Crippen LogP contribution in [-0.4, -0.2) is 97.1 Å². The summed E-state index contributed by atoms with van der Waals surface area (Å²) in [4.78, 5) is 82.0. The van der Waals surface area contributed by atoms with Crippen molar-refractivity contribution >= 4 is 47.2 Å². The second kappa shape index (κ2) is 21.1. The van der Waals surface area contributed by atoms with Gasteiger partial charge in [-0.3, -0.25) is 19.2 Å². The lowest BCUT2D eigenvalue weighted by Gasteiger charge is -2.30. The number of aryl methyl sites for hydroxylation is 4. The highest BCUT2D eigenvalue weighted by molar-refractivity contribution is 6.00. The normalized spacial score (nSPS) is 17.7. The average molecular weight is 899 g/mol. The van der Waals surface area contributed by atoms with E-state index in [2.05, 4.69) is 69.8 Å². The molecule has 2 aliphatic heterocycles. The number of methoxy groups -OCH3 is 2. The van der Waals surface area contributed by atoms with Crippen molar-refractivity contribution in [1.82, 2.24) is 20.4 Å². The molecule has 4 aromatic rings. The van der Waals surface area contributed by atoms with E-state index in [1.807, 2.05) is 64.1 Å². The SMILES string of the molecule is COC(=O)N[C@H](C(=O)N1CCCC1C(=O)Nc1cccc(-c2cc3ccc2CCc2ccc(c(-c4cccc(NC(=O)[C@@H]5CCCN5C(=O)[C@@H](NC(=O)OC)C(C)C)c4)c2)CC3)c1)C(C)C. The van der Waals surface area contributed by atoms with Crippen molar-refractivity contribution in [2.45, 2.75) is 103 Å². The predicted molar refractivity (Wildman–Crippen MR) is 254 cm³/mol. The summed E-state index contributed by atoms with van der Waals surface area (Å²) in [5, 5.41) is 11.5. The summed E-state index contributed by atoms with van der Waals surface area (Å²) < 4.78 is 9.50. The first-order valence-corrected chi connectivity index (χ1v) is 23.1. The Balaban J connectivity index is 1.05. The molecule has 4 atom stereocenters. The number of amides is 6. The molecule has 66 heavy (non-hydrogen) atoms. The molecule has 14 heteroatoms. The summed E-state index contributed by atoms with van der Waals surface area (Å²) in [7, 11) is 2.51. The lowest BCUT2D eigenvalue weighted by atomic mass is 9.87. The largest absolute Gasteiger partial charge is 0.453 e. The van der Waals surface area contributed by atoms with E-state index in [4.69, 9.17) is 9.47 Å². The van der Waals surface area contributed by atoms with Crippen molar-refractivity contribution in [1.29, 1.82) is 0 Å². The van der Waals surface area contributed by atoms with Crippen LogP contribution < -0.4 is 21.3 Å². The fraction of sp³-hybridized carbons (Fsp3) is 0.423. The predicted octanol–water partition coefficient (Wildman–Crippen LogP) is 7.52. The fourth-order valence-electron chi connectivity index (χ4n) is 9.43. The maximum atomic E-state index is 13.8. The van der Waals surface area contributed by atoms with Gasteiger partial charge in [0.05, 0.1) is 14.2 Å². The van der Waals surface area contributed by atoms with Crippen LogP contribution in [-0.2, 0) is 54.3 Å². The van der Waals surface area contributed by atoms with Gasteiger partial charge in [0.15, 0.2) is 0 Å². The zero-order valence-electron chi connectivity index (χ0n) is 38.8. The molecule has 4 N–H and O–H groups in total. The molecule has 348 valence electrons. The van der Waals surface area contributed by atoms with Gasteiger partial charge in [-0.2, -0.15) is 0 Å². The van der Waals surface area contributed by atoms with Gasteiger partial charge in [-0.1, -0.05) is 88.4 Å². The van der Waals surface area contributed by atoms with E-state index in [9.17, 15) is 28.8 Å². The van der Waals surface area contributed by atoms with E-state index in [1.54, 1.807) is 9.80 Å². The first-order valence-electron chi connectivity index (χ1n) is 23.1. The molecule has 0 aromatic heterocycles. The zero-order valence-corrected chi connectivity index (χ0v) is 38.8. The van der Waals surface area contributed by atoms with Crippen LogP contribution in [0.3, 0.4) is 0 Å². The van der Waals surface area contributed by atoms with Crippen LogP contribution in [0.2, 0.25) is 0 Å². The number of alkyl carbamates (subject to hydrolysis) is 2. The third-order valence-electron chi connectivity index (χ3n) is 13.1. The Morgan fingerprint density at radius 1 is 0.545 bits per heavy atom. The maximum absolute atomic E-state index is 13.8. The number of ether oxygens (including phenoxy) is 2. The Morgan fingerprint density at radius 3 is 1.33 bits per heavy atom. The molecular formula is C52H62N6O8. The molecule has 0 radical (unpaired) electrons. The van der Waals surface area contributed by atoms with Gasteiger partial charge in [-0.15, -0.1) is 0 Å². The lowest BCUT2D eigenvalue weighted by Crippen LogP contribution is -2.54. The van der Waals surface area contributed by atoms with Crippen LogP contribution in [0.5, 0.6) is 0 Å². The molecule has 2 saturated heterocycles. The number of rotatable bonds is 12. The maximum Gasteiger partial charge on any atom is 0.407 e. The van der Waals surface area contributed by atoms with Crippen LogP contribution in [0.25, 0.3) is 22.3 Å². The number of benzene rings is 4. The van der Waals surface area contributed by atoms with Gasteiger partial charge in [0, 0.05) is 24.5 Å². The molecule has 4 bridgehead atoms. The minimum absolute atomic E-state index is 0.198. The van der Waals surface area contributed by atoms with Gasteiger partial charge in [-0.05, 0) is 132 Å². The first-order chi connectivity index (χ1) is 31.7. The minimum Gasteiger partial charge on any atom is -0.453 e. The Bertz CT molecular complexity index is 2300. The molecule has 0 spiro atoms. The first kappa shape index (κ1) is 47.3. The number of likely N-dealkylation sites (tertiary alicyclic amines) is 2. The van der Waals surface area contributed by atoms with Crippen molar-refractivity contribution in [2.24, 2.45) is 11.8 Å². The summed E-state index contributed by atoms with van der Waals surface area (Å²) in [6.07, 6.45) is 4.17. The molecule has 2 fully saturated rings. The third-order valence-corrected chi connectivity index (χ3v) is 13.1. The number of nitrogens with one attached hydrogen (secondary N) is 4. The van der Waals surface area contributed by atoms with Crippen molar-refractivity contribution in [2.75, 3.05) is 37.9 Å². The van der Waals surface area contributed by atoms with E-state index < -0.39 is 36.4 Å². The van der Waals surface area contributed by atoms with Crippen molar-refractivity contribution in [3.63, 3.8) is 0 Å². The standard InChI is InChI=1S/C52H62N6O8/c1-31(2)45(55-51(63)65-5)49(61)57-25-9-15-43(57)47(59)53-39-13-7-11-37(29-39)41-27-33-17-21-35(41)23-19-34-18-22-36(24-20-33)42(28-34)38-12-8-14-40(30-38)54-48(60)44-16-10-26-58(44)50(62)46(32(3)4)56-52(64)66-6/h7-8,11-14,17-18,21-22,27-32,43-46H,9-10,15-16,19-20,23-26H2,1-6H3,(H,53,59)(H,54,60)(H,55,63)(H,56,64)/t43-,44?,45-,46-/m0/s1. The Hall–Kier alpha value is -6.70. The number of carbonyl (C=O) groups excluding carboxylic acids is 6. The van der Waals surface area contributed by atoms with E-state index in [-0.39, 0.29) is 35.5 Å². The van der Waals surface area contributed by atoms with Crippen LogP contribution in [0.15, 0.2) is 84.9 Å². The van der Waals surface area contributed by atoms with E-state index in [0.717, 1.165) is 47.9 Å². The van der Waals surface area contributed by atoms with Crippen LogP contribution in [0.1, 0.15) is 75.6 Å². The third kappa shape index (κ3) is 10.9. The van der Waals surface area contributed by atoms with E-state index >= 15 is 0 Å². The average Bonchev–Trinajstić information content (AvgIpc) is 4.02. The number of anilines is 2. The molecule has 1 unspecified atom stereocenters. The Morgan fingerprint density at radius 2 is 0.955 bits per heavy atom. The molecule has 10 rings (SSSR count). The summed E-state index contributed by atoms with van der Waals surface area (Å²) >= 11 is 0. The van der Waals surface area contributed by atoms with Gasteiger partial charge < -0.3 is 40.5 Å². The van der Waals surface area contributed by atoms with Gasteiger partial charge >= 0.3 is 12.2 Å². The second-order valence-corrected chi connectivity index (χ2v) is 18.2. The van der Waals surface area contributed by atoms with Crippen LogP contribution in [0.4, 0.5) is 21.0 Å². The summed E-state index contributed by atoms with van der Waals surface area (Å²) in [6.45, 7) is 8.24. The van der Waals surface area contributed by atoms with Crippen molar-refractivity contribution in [3.05, 3.63) is 107 Å². The minimum atomic E-state index is -0.812. The lowest BCUT2D eigenvalue weighted by molar-refractivity contribution is -0.139. The molecule has 2 heterocycles. The fourth-order valence-corrected chi connectivity index (χ4v) is 9.43. The highest BCUT2D eigenvalue weighted by Gasteiger charge is 2.40. The molecular weight excluding hydrogens is 837 g/mol. The van der Waals surface area contributed by atoms with E-state index in [0.29, 0.717) is 50.1 Å². The number of carbonyl (C=O) groups is 6. The van der Waals surface area contributed by atoms with E-state index in [1.165, 1.54) is 36.5 Å². The highest BCUT2D eigenvalue weighted by Crippen LogP contribution is 2.34. The topological polar surface area (TPSA) is 175 Å². The molecule has 6 amide bonds. The highest BCUT2D eigenvalue weighted by atomic mass is 16.5. The van der Waals surface area contributed by atoms with Gasteiger partial charge in [0.25, 0.3) is 0 Å². The number of hydrogen-bond donors (Lipinski definition) is 4. The quantitative estimate of drug-likeness (QED) is 0.113. The summed E-state index contributed by atoms with van der Waals surface area (Å²) in [5.74, 6) is -1.52. The second-order valence-electron chi connectivity index (χ2n) is 18.2. The summed E-state index contributed by atoms with van der Waals surface area (Å²) in [6, 6.07) is 26.1. The number of nitrogens with zero attached hydrogens (tertiary/aromatic N) is 2. The molecule has 4 aliphatic carbocycles. The van der Waals surface area contributed by atoms with Crippen LogP contribution >= 0.6 is 0 Å². The summed E-state index contributed by atoms with van der Waals surface area (Å²) in [5.41, 5.74) is 10.2. The molecule has 4 aromatic carbocycles. The van der Waals surface area contributed by atoms with Gasteiger partial charge in [-0.25, -0.2) is 9.59 Å². The zero-order chi connectivity index (χ0) is 47.1. The molecule has 0 saturated carbocycles. The van der Waals surface area contributed by atoms with Gasteiger partial charge in [0.2, 0.25) is 23.6 Å². The smallest absolute Gasteiger partial charge is 0.407 e. The molecule has 14 nitrogen and oxygen atoms in total. The Kier molecular flexibility index (Phi) is 15.1. The number of hydrogen-bond acceptors (Lipinski definition) is 8. The molecule has 6 aliphatic rings. The van der Waals surface area contributed by atoms with Gasteiger partial charge in [0.1, 0.15) is 24.2 Å². The van der Waals surface area contributed by atoms with Crippen LogP contribution in [0, 0.1) is 11.8 Å².